The van der Waals surface area contributed by atoms with Crippen molar-refractivity contribution in [3.63, 3.8) is 0 Å². The van der Waals surface area contributed by atoms with Gasteiger partial charge in [0.2, 0.25) is 0 Å². The van der Waals surface area contributed by atoms with Gasteiger partial charge in [0, 0.05) is 22.9 Å². The highest BCUT2D eigenvalue weighted by Crippen LogP contribution is 2.29. The zero-order valence-electron chi connectivity index (χ0n) is 16.5. The number of carbonyl (C=O) groups is 2. The van der Waals surface area contributed by atoms with Crippen LogP contribution >= 0.6 is 0 Å². The molecule has 2 N–H and O–H groups in total. The Morgan fingerprint density at radius 1 is 0.724 bits per heavy atom. The molecule has 0 heterocycles. The summed E-state index contributed by atoms with van der Waals surface area (Å²) < 4.78 is 10.5. The number of aryl methyl sites for hydroxylation is 1. The quantitative estimate of drug-likeness (QED) is 0.649. The van der Waals surface area contributed by atoms with E-state index in [4.69, 9.17) is 9.47 Å². The van der Waals surface area contributed by atoms with Gasteiger partial charge in [-0.25, -0.2) is 0 Å². The van der Waals surface area contributed by atoms with Crippen molar-refractivity contribution in [2.75, 3.05) is 24.9 Å². The number of hydrogen-bond donors (Lipinski definition) is 2. The number of para-hydroxylation sites is 1. The van der Waals surface area contributed by atoms with Crippen LogP contribution in [0, 0.1) is 6.92 Å². The van der Waals surface area contributed by atoms with Gasteiger partial charge in [-0.15, -0.1) is 0 Å². The fraction of sp³-hybridized carbons (Fsp3) is 0.130. The molecule has 29 heavy (non-hydrogen) atoms. The van der Waals surface area contributed by atoms with E-state index in [-0.39, 0.29) is 11.8 Å². The molecule has 0 saturated heterocycles. The van der Waals surface area contributed by atoms with Crippen molar-refractivity contribution in [1.29, 1.82) is 0 Å². The van der Waals surface area contributed by atoms with Crippen molar-refractivity contribution in [2.24, 2.45) is 0 Å². The molecule has 3 rings (SSSR count). The zero-order chi connectivity index (χ0) is 20.8. The molecule has 0 aromatic heterocycles. The summed E-state index contributed by atoms with van der Waals surface area (Å²) in [5.74, 6) is 0.468. The number of anilines is 2. The molecule has 0 atom stereocenters. The first-order valence-corrected chi connectivity index (χ1v) is 9.02. The van der Waals surface area contributed by atoms with Gasteiger partial charge < -0.3 is 20.1 Å². The standard InChI is InChI=1S/C23H22N2O4/c1-15-7-4-5-10-19(15)24-22(26)16-8-6-9-17(13-16)23(27)25-20-12-11-18(28-2)14-21(20)29-3/h4-14H,1-3H3,(H,24,26)(H,25,27). The van der Waals surface area contributed by atoms with E-state index in [9.17, 15) is 9.59 Å². The van der Waals surface area contributed by atoms with Gasteiger partial charge in [0.05, 0.1) is 19.9 Å². The number of amides is 2. The van der Waals surface area contributed by atoms with Gasteiger partial charge in [0.15, 0.2) is 0 Å². The summed E-state index contributed by atoms with van der Waals surface area (Å²) in [7, 11) is 3.07. The average molecular weight is 390 g/mol. The molecule has 0 fully saturated rings. The van der Waals surface area contributed by atoms with Crippen LogP contribution in [0.5, 0.6) is 11.5 Å². The van der Waals surface area contributed by atoms with Gasteiger partial charge in [-0.05, 0) is 48.9 Å². The third kappa shape index (κ3) is 4.73. The highest BCUT2D eigenvalue weighted by Gasteiger charge is 2.14. The average Bonchev–Trinajstić information content (AvgIpc) is 2.75. The minimum Gasteiger partial charge on any atom is -0.497 e. The number of methoxy groups -OCH3 is 2. The Morgan fingerprint density at radius 2 is 1.38 bits per heavy atom. The predicted octanol–water partition coefficient (Wildman–Crippen LogP) is 4.52. The normalized spacial score (nSPS) is 10.2. The number of benzene rings is 3. The van der Waals surface area contributed by atoms with Crippen molar-refractivity contribution in [1.82, 2.24) is 0 Å². The number of ether oxygens (including phenoxy) is 2. The molecule has 148 valence electrons. The molecule has 0 bridgehead atoms. The summed E-state index contributed by atoms with van der Waals surface area (Å²) in [6, 6.07) is 19.2. The molecule has 0 saturated carbocycles. The van der Waals surface area contributed by atoms with Crippen molar-refractivity contribution in [2.45, 2.75) is 6.92 Å². The maximum atomic E-state index is 12.7. The Hall–Kier alpha value is -3.80. The summed E-state index contributed by atoms with van der Waals surface area (Å²) in [4.78, 5) is 25.3. The van der Waals surface area contributed by atoms with Crippen LogP contribution in [0.25, 0.3) is 0 Å². The van der Waals surface area contributed by atoms with Crippen LogP contribution in [-0.4, -0.2) is 26.0 Å². The molecule has 0 aliphatic carbocycles. The molecule has 3 aromatic carbocycles. The van der Waals surface area contributed by atoms with Gasteiger partial charge in [0.25, 0.3) is 11.8 Å². The van der Waals surface area contributed by atoms with Gasteiger partial charge in [-0.1, -0.05) is 24.3 Å². The highest BCUT2D eigenvalue weighted by molar-refractivity contribution is 6.09. The van der Waals surface area contributed by atoms with E-state index in [1.807, 2.05) is 31.2 Å². The van der Waals surface area contributed by atoms with Crippen LogP contribution < -0.4 is 20.1 Å². The van der Waals surface area contributed by atoms with E-state index in [2.05, 4.69) is 10.6 Å². The van der Waals surface area contributed by atoms with Gasteiger partial charge in [0.1, 0.15) is 11.5 Å². The lowest BCUT2D eigenvalue weighted by Gasteiger charge is -2.12. The van der Waals surface area contributed by atoms with E-state index in [0.717, 1.165) is 11.3 Å². The maximum absolute atomic E-state index is 12.7. The summed E-state index contributed by atoms with van der Waals surface area (Å²) in [6.45, 7) is 1.92. The molecule has 0 unspecified atom stereocenters. The van der Waals surface area contributed by atoms with Crippen molar-refractivity contribution < 1.29 is 19.1 Å². The second kappa shape index (κ2) is 8.93. The van der Waals surface area contributed by atoms with E-state index in [1.165, 1.54) is 7.11 Å². The fourth-order valence-corrected chi connectivity index (χ4v) is 2.81. The molecule has 0 radical (unpaired) electrons. The Balaban J connectivity index is 1.78. The van der Waals surface area contributed by atoms with Crippen LogP contribution in [0.1, 0.15) is 26.3 Å². The number of nitrogens with one attached hydrogen (secondary N) is 2. The first-order chi connectivity index (χ1) is 14.0. The lowest BCUT2D eigenvalue weighted by molar-refractivity contribution is 0.102. The number of hydrogen-bond acceptors (Lipinski definition) is 4. The Labute approximate surface area is 169 Å². The molecule has 3 aromatic rings. The largest absolute Gasteiger partial charge is 0.497 e. The Bertz CT molecular complexity index is 1050. The lowest BCUT2D eigenvalue weighted by atomic mass is 10.1. The van der Waals surface area contributed by atoms with Gasteiger partial charge in [-0.3, -0.25) is 9.59 Å². The van der Waals surface area contributed by atoms with Gasteiger partial charge >= 0.3 is 0 Å². The van der Waals surface area contributed by atoms with Gasteiger partial charge in [-0.2, -0.15) is 0 Å². The van der Waals surface area contributed by atoms with Crippen molar-refractivity contribution in [3.8, 4) is 11.5 Å². The van der Waals surface area contributed by atoms with Crippen molar-refractivity contribution in [3.05, 3.63) is 83.4 Å². The monoisotopic (exact) mass is 390 g/mol. The first-order valence-electron chi connectivity index (χ1n) is 9.02. The summed E-state index contributed by atoms with van der Waals surface area (Å²) >= 11 is 0. The van der Waals surface area contributed by atoms with Crippen molar-refractivity contribution >= 4 is 23.2 Å². The lowest BCUT2D eigenvalue weighted by Crippen LogP contribution is -2.16. The SMILES string of the molecule is COc1ccc(NC(=O)c2cccc(C(=O)Nc3ccccc3C)c2)c(OC)c1. The molecule has 0 aliphatic heterocycles. The van der Waals surface area contributed by atoms with E-state index in [1.54, 1.807) is 49.6 Å². The molecule has 6 nitrogen and oxygen atoms in total. The predicted molar refractivity (Wildman–Crippen MR) is 113 cm³/mol. The third-order valence-electron chi connectivity index (χ3n) is 4.44. The van der Waals surface area contributed by atoms with Crippen LogP contribution in [0.15, 0.2) is 66.7 Å². The minimum atomic E-state index is -0.348. The maximum Gasteiger partial charge on any atom is 0.255 e. The summed E-state index contributed by atoms with van der Waals surface area (Å²) in [5.41, 5.74) is 2.95. The number of carbonyl (C=O) groups excluding carboxylic acids is 2. The molecule has 0 aliphatic rings. The Morgan fingerprint density at radius 3 is 2.00 bits per heavy atom. The molecular weight excluding hydrogens is 368 g/mol. The topological polar surface area (TPSA) is 76.7 Å². The van der Waals surface area contributed by atoms with E-state index < -0.39 is 0 Å². The fourth-order valence-electron chi connectivity index (χ4n) is 2.81. The van der Waals surface area contributed by atoms with Crippen LogP contribution in [0.4, 0.5) is 11.4 Å². The van der Waals surface area contributed by atoms with E-state index in [0.29, 0.717) is 28.3 Å². The smallest absolute Gasteiger partial charge is 0.255 e. The second-order valence-electron chi connectivity index (χ2n) is 6.37. The molecule has 0 spiro atoms. The molecule has 2 amide bonds. The minimum absolute atomic E-state index is 0.282. The first kappa shape index (κ1) is 19.9. The highest BCUT2D eigenvalue weighted by atomic mass is 16.5. The van der Waals surface area contributed by atoms with Crippen LogP contribution in [0.3, 0.4) is 0 Å². The Kier molecular flexibility index (Phi) is 6.14. The molecule has 6 heteroatoms. The van der Waals surface area contributed by atoms with E-state index >= 15 is 0 Å². The summed E-state index contributed by atoms with van der Waals surface area (Å²) in [5, 5.41) is 5.67. The summed E-state index contributed by atoms with van der Waals surface area (Å²) in [6.07, 6.45) is 0. The number of rotatable bonds is 6. The molecular formula is C23H22N2O4. The van der Waals surface area contributed by atoms with Crippen LogP contribution in [-0.2, 0) is 0 Å². The zero-order valence-corrected chi connectivity index (χ0v) is 16.5. The second-order valence-corrected chi connectivity index (χ2v) is 6.37. The van der Waals surface area contributed by atoms with Crippen LogP contribution in [0.2, 0.25) is 0 Å². The third-order valence-corrected chi connectivity index (χ3v) is 4.44.